The molecule has 0 heterocycles. The molecule has 0 atom stereocenters. The molecule has 15 heavy (non-hydrogen) atoms. The van der Waals surface area contributed by atoms with Crippen LogP contribution in [0.4, 0.5) is 5.69 Å². The standard InChI is InChI=1S/C12H13ClN2/c1-9-6-7-10(8-9)14-15-12-5-3-2-4-11(12)13/h2-5,8,15H,6-7H2,1H3/b14-10-. The van der Waals surface area contributed by atoms with Gasteiger partial charge in [-0.2, -0.15) is 5.10 Å². The predicted octanol–water partition coefficient (Wildman–Crippen LogP) is 3.85. The zero-order valence-corrected chi connectivity index (χ0v) is 9.38. The summed E-state index contributed by atoms with van der Waals surface area (Å²) in [5, 5.41) is 5.01. The third kappa shape index (κ3) is 2.60. The number of benzene rings is 1. The van der Waals surface area contributed by atoms with Gasteiger partial charge < -0.3 is 0 Å². The summed E-state index contributed by atoms with van der Waals surface area (Å²) >= 11 is 5.99. The number of hydrazone groups is 1. The van der Waals surface area contributed by atoms with Crippen LogP contribution in [0.3, 0.4) is 0 Å². The molecule has 0 fully saturated rings. The van der Waals surface area contributed by atoms with Crippen LogP contribution in [-0.4, -0.2) is 5.71 Å². The van der Waals surface area contributed by atoms with Crippen molar-refractivity contribution in [2.24, 2.45) is 5.10 Å². The number of nitrogens with zero attached hydrogens (tertiary/aromatic N) is 1. The molecule has 0 radical (unpaired) electrons. The first-order valence-corrected chi connectivity index (χ1v) is 5.38. The normalized spacial score (nSPS) is 18.0. The lowest BCUT2D eigenvalue weighted by Crippen LogP contribution is -1.95. The highest BCUT2D eigenvalue weighted by atomic mass is 35.5. The first-order valence-electron chi connectivity index (χ1n) is 5.00. The van der Waals surface area contributed by atoms with Crippen LogP contribution in [-0.2, 0) is 0 Å². The minimum absolute atomic E-state index is 0.695. The Labute approximate surface area is 94.6 Å². The van der Waals surface area contributed by atoms with Gasteiger partial charge in [-0.05, 0) is 38.0 Å². The highest BCUT2D eigenvalue weighted by Gasteiger charge is 2.06. The van der Waals surface area contributed by atoms with Crippen molar-refractivity contribution in [1.82, 2.24) is 0 Å². The van der Waals surface area contributed by atoms with Crippen LogP contribution in [0.25, 0.3) is 0 Å². The van der Waals surface area contributed by atoms with E-state index in [4.69, 9.17) is 11.6 Å². The number of hydrogen-bond donors (Lipinski definition) is 1. The van der Waals surface area contributed by atoms with Crippen molar-refractivity contribution in [2.75, 3.05) is 5.43 Å². The smallest absolute Gasteiger partial charge is 0.0748 e. The van der Waals surface area contributed by atoms with E-state index in [9.17, 15) is 0 Å². The number of hydrogen-bond acceptors (Lipinski definition) is 2. The lowest BCUT2D eigenvalue weighted by atomic mass is 10.3. The highest BCUT2D eigenvalue weighted by molar-refractivity contribution is 6.33. The van der Waals surface area contributed by atoms with E-state index < -0.39 is 0 Å². The van der Waals surface area contributed by atoms with Gasteiger partial charge in [0.2, 0.25) is 0 Å². The van der Waals surface area contributed by atoms with Gasteiger partial charge in [0.25, 0.3) is 0 Å². The fourth-order valence-electron chi connectivity index (χ4n) is 1.53. The van der Waals surface area contributed by atoms with Crippen molar-refractivity contribution in [3.63, 3.8) is 0 Å². The second-order valence-electron chi connectivity index (χ2n) is 3.69. The van der Waals surface area contributed by atoms with E-state index in [0.717, 1.165) is 24.2 Å². The molecule has 0 aliphatic heterocycles. The Bertz CT molecular complexity index is 421. The first kappa shape index (κ1) is 10.2. The van der Waals surface area contributed by atoms with E-state index >= 15 is 0 Å². The zero-order chi connectivity index (χ0) is 10.7. The molecule has 1 aliphatic rings. The molecular formula is C12H13ClN2. The molecule has 0 unspecified atom stereocenters. The molecule has 1 aromatic carbocycles. The second kappa shape index (κ2) is 4.49. The van der Waals surface area contributed by atoms with Gasteiger partial charge in [-0.3, -0.25) is 5.43 Å². The molecule has 78 valence electrons. The van der Waals surface area contributed by atoms with Crippen molar-refractivity contribution in [3.05, 3.63) is 40.9 Å². The molecule has 0 saturated carbocycles. The van der Waals surface area contributed by atoms with Crippen molar-refractivity contribution in [1.29, 1.82) is 0 Å². The quantitative estimate of drug-likeness (QED) is 0.753. The Morgan fingerprint density at radius 3 is 2.73 bits per heavy atom. The molecule has 2 nitrogen and oxygen atoms in total. The molecule has 1 N–H and O–H groups in total. The molecule has 0 bridgehead atoms. The predicted molar refractivity (Wildman–Crippen MR) is 65.5 cm³/mol. The summed E-state index contributed by atoms with van der Waals surface area (Å²) in [5.41, 5.74) is 6.31. The summed E-state index contributed by atoms with van der Waals surface area (Å²) in [4.78, 5) is 0. The molecule has 2 rings (SSSR count). The van der Waals surface area contributed by atoms with E-state index in [0.29, 0.717) is 5.02 Å². The van der Waals surface area contributed by atoms with Crippen LogP contribution in [0, 0.1) is 0 Å². The summed E-state index contributed by atoms with van der Waals surface area (Å²) in [5.74, 6) is 0. The average Bonchev–Trinajstić information content (AvgIpc) is 2.63. The molecule has 0 saturated heterocycles. The summed E-state index contributed by atoms with van der Waals surface area (Å²) in [6.07, 6.45) is 4.25. The Morgan fingerprint density at radius 1 is 1.27 bits per heavy atom. The number of rotatable bonds is 2. The Morgan fingerprint density at radius 2 is 2.07 bits per heavy atom. The van der Waals surface area contributed by atoms with Crippen LogP contribution < -0.4 is 5.43 Å². The Kier molecular flexibility index (Phi) is 3.07. The van der Waals surface area contributed by atoms with Crippen LogP contribution in [0.2, 0.25) is 5.02 Å². The number of anilines is 1. The van der Waals surface area contributed by atoms with Gasteiger partial charge in [0.15, 0.2) is 0 Å². The maximum absolute atomic E-state index is 5.99. The van der Waals surface area contributed by atoms with E-state index in [2.05, 4.69) is 23.5 Å². The van der Waals surface area contributed by atoms with Crippen molar-refractivity contribution >= 4 is 23.0 Å². The lowest BCUT2D eigenvalue weighted by Gasteiger charge is -2.02. The molecule has 0 aromatic heterocycles. The fraction of sp³-hybridized carbons (Fsp3) is 0.250. The lowest BCUT2D eigenvalue weighted by molar-refractivity contribution is 1.05. The van der Waals surface area contributed by atoms with E-state index in [-0.39, 0.29) is 0 Å². The van der Waals surface area contributed by atoms with Gasteiger partial charge in [0, 0.05) is 0 Å². The van der Waals surface area contributed by atoms with Gasteiger partial charge in [-0.1, -0.05) is 29.3 Å². The van der Waals surface area contributed by atoms with Crippen LogP contribution in [0.5, 0.6) is 0 Å². The van der Waals surface area contributed by atoms with Crippen molar-refractivity contribution < 1.29 is 0 Å². The number of allylic oxidation sites excluding steroid dienone is 2. The van der Waals surface area contributed by atoms with Gasteiger partial charge in [-0.15, -0.1) is 0 Å². The molecule has 3 heteroatoms. The minimum Gasteiger partial charge on any atom is -0.277 e. The van der Waals surface area contributed by atoms with Gasteiger partial charge >= 0.3 is 0 Å². The maximum atomic E-state index is 5.99. The largest absolute Gasteiger partial charge is 0.277 e. The third-order valence-electron chi connectivity index (χ3n) is 2.38. The Hall–Kier alpha value is -1.28. The average molecular weight is 221 g/mol. The van der Waals surface area contributed by atoms with E-state index in [1.54, 1.807) is 0 Å². The first-order chi connectivity index (χ1) is 7.25. The van der Waals surface area contributed by atoms with Crippen LogP contribution >= 0.6 is 11.6 Å². The highest BCUT2D eigenvalue weighted by Crippen LogP contribution is 2.21. The number of nitrogens with one attached hydrogen (secondary N) is 1. The summed E-state index contributed by atoms with van der Waals surface area (Å²) in [7, 11) is 0. The topological polar surface area (TPSA) is 24.4 Å². The fourth-order valence-corrected chi connectivity index (χ4v) is 1.70. The van der Waals surface area contributed by atoms with Crippen molar-refractivity contribution in [3.8, 4) is 0 Å². The van der Waals surface area contributed by atoms with Crippen LogP contribution in [0.15, 0.2) is 41.0 Å². The molecule has 1 aromatic rings. The van der Waals surface area contributed by atoms with Gasteiger partial charge in [0.1, 0.15) is 0 Å². The molecule has 1 aliphatic carbocycles. The molecule has 0 amide bonds. The monoisotopic (exact) mass is 220 g/mol. The number of halogens is 1. The Balaban J connectivity index is 2.08. The number of para-hydroxylation sites is 1. The SMILES string of the molecule is CC1=C/C(=N\Nc2ccccc2Cl)CC1. The van der Waals surface area contributed by atoms with E-state index in [1.165, 1.54) is 5.57 Å². The molecular weight excluding hydrogens is 208 g/mol. The van der Waals surface area contributed by atoms with E-state index in [1.807, 2.05) is 24.3 Å². The summed E-state index contributed by atoms with van der Waals surface area (Å²) in [6, 6.07) is 7.60. The third-order valence-corrected chi connectivity index (χ3v) is 2.71. The molecule has 0 spiro atoms. The summed E-state index contributed by atoms with van der Waals surface area (Å²) < 4.78 is 0. The second-order valence-corrected chi connectivity index (χ2v) is 4.09. The van der Waals surface area contributed by atoms with Gasteiger partial charge in [-0.25, -0.2) is 0 Å². The summed E-state index contributed by atoms with van der Waals surface area (Å²) in [6.45, 7) is 2.12. The van der Waals surface area contributed by atoms with Gasteiger partial charge in [0.05, 0.1) is 16.4 Å². The minimum atomic E-state index is 0.695. The zero-order valence-electron chi connectivity index (χ0n) is 8.63. The maximum Gasteiger partial charge on any atom is 0.0748 e. The van der Waals surface area contributed by atoms with Crippen LogP contribution in [0.1, 0.15) is 19.8 Å². The van der Waals surface area contributed by atoms with Crippen molar-refractivity contribution in [2.45, 2.75) is 19.8 Å².